The van der Waals surface area contributed by atoms with Crippen molar-refractivity contribution in [3.63, 3.8) is 0 Å². The van der Waals surface area contributed by atoms with Crippen LogP contribution in [0.25, 0.3) is 11.1 Å². The highest BCUT2D eigenvalue weighted by atomic mass is 19.4. The highest BCUT2D eigenvalue weighted by Crippen LogP contribution is 2.42. The highest BCUT2D eigenvalue weighted by molar-refractivity contribution is 6.07. The summed E-state index contributed by atoms with van der Waals surface area (Å²) >= 11 is 0. The number of anilines is 2. The number of aromatic nitrogens is 1. The van der Waals surface area contributed by atoms with Crippen molar-refractivity contribution < 1.29 is 40.3 Å². The Morgan fingerprint density at radius 3 is 1.95 bits per heavy atom. The molecule has 3 rings (SSSR count). The summed E-state index contributed by atoms with van der Waals surface area (Å²) < 4.78 is 95.5. The zero-order valence-electron chi connectivity index (χ0n) is 24.6. The number of benzene rings is 2. The van der Waals surface area contributed by atoms with Crippen LogP contribution in [-0.2, 0) is 27.4 Å². The Kier molecular flexibility index (Phi) is 9.47. The van der Waals surface area contributed by atoms with Crippen LogP contribution in [0.15, 0.2) is 42.6 Å². The topological polar surface area (TPSA) is 89.4 Å². The van der Waals surface area contributed by atoms with Crippen LogP contribution in [0, 0.1) is 18.2 Å². The molecule has 0 saturated carbocycles. The van der Waals surface area contributed by atoms with Gasteiger partial charge in [-0.2, -0.15) is 26.3 Å². The zero-order chi connectivity index (χ0) is 33.4. The SMILES string of the molecule is Cc1cc(F)ccc1-c1c(N(C)C(=O)C(C)(C)c2cc(C(F)(F)F)cc(C(F)(F)F)c2)cnc(NCC(=O)N(C)C)c1C=N. The van der Waals surface area contributed by atoms with Crippen LogP contribution in [0.5, 0.6) is 0 Å². The van der Waals surface area contributed by atoms with Crippen molar-refractivity contribution in [2.75, 3.05) is 37.9 Å². The van der Waals surface area contributed by atoms with E-state index in [4.69, 9.17) is 5.41 Å². The van der Waals surface area contributed by atoms with E-state index in [1.54, 1.807) is 6.92 Å². The molecule has 2 aromatic carbocycles. The second-order valence-electron chi connectivity index (χ2n) is 10.8. The number of amides is 2. The van der Waals surface area contributed by atoms with E-state index in [1.807, 2.05) is 0 Å². The van der Waals surface area contributed by atoms with Crippen LogP contribution in [0.1, 0.15) is 41.7 Å². The predicted octanol–water partition coefficient (Wildman–Crippen LogP) is 6.67. The average Bonchev–Trinajstić information content (AvgIpc) is 2.93. The molecule has 0 atom stereocenters. The Morgan fingerprint density at radius 2 is 1.48 bits per heavy atom. The van der Waals surface area contributed by atoms with Gasteiger partial charge in [0, 0.05) is 38.5 Å². The maximum absolute atomic E-state index is 14.0. The van der Waals surface area contributed by atoms with Gasteiger partial charge >= 0.3 is 12.4 Å². The minimum atomic E-state index is -5.12. The molecule has 0 fully saturated rings. The first-order valence-electron chi connectivity index (χ1n) is 13.0. The molecule has 0 aliphatic heterocycles. The fourth-order valence-corrected chi connectivity index (χ4v) is 4.53. The molecular formula is C30H30F7N5O2. The number of carbonyl (C=O) groups is 2. The van der Waals surface area contributed by atoms with Crippen LogP contribution in [0.3, 0.4) is 0 Å². The smallest absolute Gasteiger partial charge is 0.360 e. The molecule has 1 aromatic heterocycles. The van der Waals surface area contributed by atoms with Gasteiger partial charge in [0.1, 0.15) is 11.6 Å². The van der Waals surface area contributed by atoms with Crippen LogP contribution < -0.4 is 10.2 Å². The molecule has 236 valence electrons. The number of rotatable bonds is 8. The van der Waals surface area contributed by atoms with Crippen LogP contribution >= 0.6 is 0 Å². The summed E-state index contributed by atoms with van der Waals surface area (Å²) in [6.45, 7) is 3.75. The predicted molar refractivity (Wildman–Crippen MR) is 152 cm³/mol. The van der Waals surface area contributed by atoms with Crippen molar-refractivity contribution in [3.05, 3.63) is 76.2 Å². The first-order chi connectivity index (χ1) is 20.2. The van der Waals surface area contributed by atoms with E-state index in [-0.39, 0.29) is 41.2 Å². The highest BCUT2D eigenvalue weighted by Gasteiger charge is 2.41. The summed E-state index contributed by atoms with van der Waals surface area (Å²) in [5.41, 5.74) is -4.51. The first kappa shape index (κ1) is 34.0. The molecule has 0 spiro atoms. The molecule has 1 heterocycles. The number of nitrogens with one attached hydrogen (secondary N) is 2. The van der Waals surface area contributed by atoms with Crippen LogP contribution in [0.4, 0.5) is 42.2 Å². The molecule has 14 heteroatoms. The molecule has 7 nitrogen and oxygen atoms in total. The standard InChI is InChI=1S/C30H30F7N5O2/c1-16-9-20(31)7-8-21(16)25-22(13-38)26(40-15-24(43)41(4)5)39-14-23(25)42(6)27(44)28(2,3)17-10-18(29(32,33)34)12-19(11-17)30(35,36)37/h7-14,38H,15H2,1-6H3,(H,39,40). The number of halogens is 7. The minimum absolute atomic E-state index is 0.0176. The van der Waals surface area contributed by atoms with Crippen LogP contribution in [-0.4, -0.2) is 55.6 Å². The molecule has 0 saturated heterocycles. The van der Waals surface area contributed by atoms with Crippen molar-refractivity contribution in [1.82, 2.24) is 9.88 Å². The Morgan fingerprint density at radius 1 is 0.932 bits per heavy atom. The Labute approximate surface area is 249 Å². The molecule has 0 unspecified atom stereocenters. The van der Waals surface area contributed by atoms with Gasteiger partial charge in [0.2, 0.25) is 11.8 Å². The monoisotopic (exact) mass is 625 g/mol. The number of nitrogens with zero attached hydrogens (tertiary/aromatic N) is 3. The lowest BCUT2D eigenvalue weighted by Crippen LogP contribution is -2.42. The number of aryl methyl sites for hydroxylation is 1. The second-order valence-corrected chi connectivity index (χ2v) is 10.8. The van der Waals surface area contributed by atoms with Crippen molar-refractivity contribution in [2.24, 2.45) is 0 Å². The lowest BCUT2D eigenvalue weighted by Gasteiger charge is -2.32. The van der Waals surface area contributed by atoms with Gasteiger partial charge in [-0.15, -0.1) is 0 Å². The molecule has 0 bridgehead atoms. The summed E-state index contributed by atoms with van der Waals surface area (Å²) in [4.78, 5) is 32.7. The Balaban J connectivity index is 2.23. The molecule has 44 heavy (non-hydrogen) atoms. The minimum Gasteiger partial charge on any atom is -0.360 e. The molecular weight excluding hydrogens is 595 g/mol. The van der Waals surface area contributed by atoms with Gasteiger partial charge in [0.05, 0.1) is 35.0 Å². The largest absolute Gasteiger partial charge is 0.416 e. The number of hydrogen-bond donors (Lipinski definition) is 2. The van der Waals surface area contributed by atoms with Gasteiger partial charge < -0.3 is 20.5 Å². The lowest BCUT2D eigenvalue weighted by molar-refractivity contribution is -0.143. The average molecular weight is 626 g/mol. The normalized spacial score (nSPS) is 12.1. The number of hydrogen-bond acceptors (Lipinski definition) is 5. The lowest BCUT2D eigenvalue weighted by atomic mass is 9.81. The maximum atomic E-state index is 14.0. The third kappa shape index (κ3) is 7.00. The summed E-state index contributed by atoms with van der Waals surface area (Å²) in [5.74, 6) is -1.71. The fourth-order valence-electron chi connectivity index (χ4n) is 4.53. The van der Waals surface area contributed by atoms with Crippen molar-refractivity contribution in [1.29, 1.82) is 5.41 Å². The van der Waals surface area contributed by atoms with Gasteiger partial charge in [-0.1, -0.05) is 6.07 Å². The molecule has 0 radical (unpaired) electrons. The van der Waals surface area contributed by atoms with Crippen molar-refractivity contribution >= 4 is 29.5 Å². The number of pyridine rings is 1. The summed E-state index contributed by atoms with van der Waals surface area (Å²) in [6, 6.07) is 4.75. The zero-order valence-corrected chi connectivity index (χ0v) is 24.6. The third-order valence-corrected chi connectivity index (χ3v) is 7.11. The molecule has 0 aliphatic carbocycles. The summed E-state index contributed by atoms with van der Waals surface area (Å²) in [5, 5.41) is 11.0. The number of carbonyl (C=O) groups excluding carboxylic acids is 2. The quantitative estimate of drug-likeness (QED) is 0.216. The third-order valence-electron chi connectivity index (χ3n) is 7.11. The van der Waals surface area contributed by atoms with Gasteiger partial charge in [-0.05, 0) is 67.8 Å². The molecule has 2 N–H and O–H groups in total. The van der Waals surface area contributed by atoms with E-state index >= 15 is 0 Å². The maximum Gasteiger partial charge on any atom is 0.416 e. The summed E-state index contributed by atoms with van der Waals surface area (Å²) in [7, 11) is 4.34. The Bertz CT molecular complexity index is 1570. The van der Waals surface area contributed by atoms with Crippen molar-refractivity contribution in [2.45, 2.75) is 38.5 Å². The number of likely N-dealkylation sites (N-methyl/N-ethyl adjacent to an activating group) is 2. The summed E-state index contributed by atoms with van der Waals surface area (Å²) in [6.07, 6.45) is -8.11. The molecule has 0 aliphatic rings. The van der Waals surface area contributed by atoms with Crippen molar-refractivity contribution in [3.8, 4) is 11.1 Å². The van der Waals surface area contributed by atoms with Gasteiger partial charge in [0.15, 0.2) is 0 Å². The first-order valence-corrected chi connectivity index (χ1v) is 13.0. The Hall–Kier alpha value is -4.49. The van der Waals surface area contributed by atoms with Gasteiger partial charge in [-0.25, -0.2) is 9.37 Å². The van der Waals surface area contributed by atoms with Gasteiger partial charge in [0.25, 0.3) is 0 Å². The molecule has 3 aromatic rings. The van der Waals surface area contributed by atoms with E-state index in [0.29, 0.717) is 23.3 Å². The van der Waals surface area contributed by atoms with E-state index in [0.717, 1.165) is 17.2 Å². The van der Waals surface area contributed by atoms with E-state index in [1.165, 1.54) is 58.2 Å². The van der Waals surface area contributed by atoms with E-state index in [9.17, 15) is 40.3 Å². The van der Waals surface area contributed by atoms with Gasteiger partial charge in [-0.3, -0.25) is 9.59 Å². The van der Waals surface area contributed by atoms with Crippen LogP contribution in [0.2, 0.25) is 0 Å². The van der Waals surface area contributed by atoms with E-state index in [2.05, 4.69) is 10.3 Å². The number of alkyl halides is 6. The molecule has 2 amide bonds. The fraction of sp³-hybridized carbons (Fsp3) is 0.333. The second kappa shape index (κ2) is 12.2. The van der Waals surface area contributed by atoms with E-state index < -0.39 is 46.2 Å².